The van der Waals surface area contributed by atoms with E-state index in [1.165, 1.54) is 24.3 Å². The van der Waals surface area contributed by atoms with Gasteiger partial charge in [-0.25, -0.2) is 8.42 Å². The van der Waals surface area contributed by atoms with E-state index in [0.29, 0.717) is 22.4 Å². The molecule has 0 spiro atoms. The molecule has 0 fully saturated rings. The van der Waals surface area contributed by atoms with Gasteiger partial charge < -0.3 is 26.8 Å². The number of fused-ring (bicyclic) bond motifs is 1. The Labute approximate surface area is 241 Å². The number of nitrogens with one attached hydrogen (secondary N) is 1. The zero-order chi connectivity index (χ0) is 29.1. The molecule has 0 radical (unpaired) electrons. The summed E-state index contributed by atoms with van der Waals surface area (Å²) in [6.07, 6.45) is 4.00. The first kappa shape index (κ1) is 31.2. The summed E-state index contributed by atoms with van der Waals surface area (Å²) in [4.78, 5) is 7.08. The number of anilines is 3. The number of pyridine rings is 1. The molecule has 0 saturated heterocycles. The Morgan fingerprint density at radius 3 is 2.10 bits per heavy atom. The average molecular weight is 584 g/mol. The van der Waals surface area contributed by atoms with Crippen LogP contribution in [0.25, 0.3) is 10.9 Å². The van der Waals surface area contributed by atoms with Crippen molar-refractivity contribution in [3.63, 3.8) is 0 Å². The van der Waals surface area contributed by atoms with Crippen molar-refractivity contribution in [3.8, 4) is 0 Å². The smallest absolute Gasteiger partial charge is 0.206 e. The highest BCUT2D eigenvalue weighted by Crippen LogP contribution is 2.25. The topological polar surface area (TPSA) is 135 Å². The summed E-state index contributed by atoms with van der Waals surface area (Å²) >= 11 is 6.03. The Morgan fingerprint density at radius 2 is 1.55 bits per heavy atom. The molecule has 6 N–H and O–H groups in total. The number of likely N-dealkylation sites (N-methyl/N-ethyl adjacent to an activating group) is 1. The lowest BCUT2D eigenvalue weighted by atomic mass is 10.1. The monoisotopic (exact) mass is 583 g/mol. The summed E-state index contributed by atoms with van der Waals surface area (Å²) in [6.45, 7) is 7.32. The van der Waals surface area contributed by atoms with Gasteiger partial charge in [-0.15, -0.1) is 0 Å². The van der Waals surface area contributed by atoms with E-state index in [1.807, 2.05) is 30.5 Å². The number of nitrogens with two attached hydrogens (primary N) is 2. The molecule has 0 amide bonds. The van der Waals surface area contributed by atoms with Crippen LogP contribution in [-0.2, 0) is 9.84 Å². The van der Waals surface area contributed by atoms with Gasteiger partial charge in [-0.05, 0) is 106 Å². The molecule has 8 nitrogen and oxygen atoms in total. The van der Waals surface area contributed by atoms with Gasteiger partial charge in [0.1, 0.15) is 0 Å². The van der Waals surface area contributed by atoms with E-state index in [2.05, 4.69) is 29.0 Å². The first-order chi connectivity index (χ1) is 19.1. The van der Waals surface area contributed by atoms with Gasteiger partial charge >= 0.3 is 0 Å². The highest BCUT2D eigenvalue weighted by Gasteiger charge is 2.16. The second-order valence-corrected chi connectivity index (χ2v) is 11.9. The molecule has 4 aromatic rings. The summed E-state index contributed by atoms with van der Waals surface area (Å²) in [6, 6.07) is 20.4. The number of aliphatic hydroxyl groups excluding tert-OH is 1. The number of rotatable bonds is 11. The zero-order valence-corrected chi connectivity index (χ0v) is 24.5. The Bertz CT molecular complexity index is 1410. The Kier molecular flexibility index (Phi) is 11.6. The van der Waals surface area contributed by atoms with Gasteiger partial charge in [-0.1, -0.05) is 18.5 Å². The van der Waals surface area contributed by atoms with Gasteiger partial charge in [-0.2, -0.15) is 0 Å². The highest BCUT2D eigenvalue weighted by molar-refractivity contribution is 7.91. The maximum atomic E-state index is 12.2. The first-order valence-electron chi connectivity index (χ1n) is 13.2. The second-order valence-electron chi connectivity index (χ2n) is 9.51. The van der Waals surface area contributed by atoms with E-state index in [9.17, 15) is 8.42 Å². The lowest BCUT2D eigenvalue weighted by Gasteiger charge is -2.21. The summed E-state index contributed by atoms with van der Waals surface area (Å²) in [5, 5.41) is 14.4. The molecule has 214 valence electrons. The fraction of sp³-hybridized carbons (Fsp3) is 0.300. The molecule has 1 aromatic heterocycles. The second kappa shape index (κ2) is 14.9. The average Bonchev–Trinajstić information content (AvgIpc) is 2.93. The Balaban J connectivity index is 0.000000230. The van der Waals surface area contributed by atoms with Crippen molar-refractivity contribution in [3.05, 3.63) is 84.0 Å². The van der Waals surface area contributed by atoms with Gasteiger partial charge in [0, 0.05) is 46.3 Å². The molecular weight excluding hydrogens is 546 g/mol. The maximum Gasteiger partial charge on any atom is 0.206 e. The van der Waals surface area contributed by atoms with Gasteiger partial charge in [0.15, 0.2) is 0 Å². The molecule has 40 heavy (non-hydrogen) atoms. The quantitative estimate of drug-likeness (QED) is 0.171. The van der Waals surface area contributed by atoms with Crippen LogP contribution in [-0.4, -0.2) is 55.7 Å². The number of nitrogen functional groups attached to an aromatic ring is 2. The predicted molar refractivity (Wildman–Crippen MR) is 165 cm³/mol. The van der Waals surface area contributed by atoms with Crippen LogP contribution in [0.1, 0.15) is 26.7 Å². The summed E-state index contributed by atoms with van der Waals surface area (Å²) in [7, 11) is -3.48. The van der Waals surface area contributed by atoms with Crippen molar-refractivity contribution in [1.82, 2.24) is 9.88 Å². The molecule has 1 heterocycles. The normalized spacial score (nSPS) is 12.1. The predicted octanol–water partition coefficient (Wildman–Crippen LogP) is 5.47. The molecule has 0 aliphatic heterocycles. The van der Waals surface area contributed by atoms with Gasteiger partial charge in [0.2, 0.25) is 9.84 Å². The van der Waals surface area contributed by atoms with Crippen LogP contribution in [0, 0.1) is 0 Å². The maximum absolute atomic E-state index is 12.2. The summed E-state index contributed by atoms with van der Waals surface area (Å²) < 4.78 is 24.3. The van der Waals surface area contributed by atoms with Crippen LogP contribution < -0.4 is 16.8 Å². The molecule has 0 saturated carbocycles. The van der Waals surface area contributed by atoms with E-state index >= 15 is 0 Å². The van der Waals surface area contributed by atoms with Gasteiger partial charge in [0.05, 0.1) is 21.9 Å². The summed E-state index contributed by atoms with van der Waals surface area (Å²) in [5.74, 6) is 0. The number of hydrogen-bond donors (Lipinski definition) is 4. The molecule has 4 rings (SSSR count). The SMILES string of the molecule is CCN(CCO)CCCC(C)Nc1ccnc2cc(Cl)ccc12.Nc1ccc(S(=O)(=O)c2ccc(N)cc2)cc1. The van der Waals surface area contributed by atoms with Crippen molar-refractivity contribution < 1.29 is 13.5 Å². The van der Waals surface area contributed by atoms with Crippen LogP contribution >= 0.6 is 11.6 Å². The Morgan fingerprint density at radius 1 is 0.950 bits per heavy atom. The molecule has 1 unspecified atom stereocenters. The molecule has 1 atom stereocenters. The highest BCUT2D eigenvalue weighted by atomic mass is 35.5. The minimum atomic E-state index is -3.48. The van der Waals surface area contributed by atoms with Crippen LogP contribution in [0.3, 0.4) is 0 Å². The van der Waals surface area contributed by atoms with Crippen molar-refractivity contribution in [2.75, 3.05) is 43.0 Å². The minimum Gasteiger partial charge on any atom is -0.399 e. The van der Waals surface area contributed by atoms with Crippen LogP contribution in [0.15, 0.2) is 88.8 Å². The summed E-state index contributed by atoms with van der Waals surface area (Å²) in [5.41, 5.74) is 14.1. The van der Waals surface area contributed by atoms with Gasteiger partial charge in [-0.3, -0.25) is 4.98 Å². The van der Waals surface area contributed by atoms with Crippen LogP contribution in [0.2, 0.25) is 5.02 Å². The van der Waals surface area contributed by atoms with Crippen LogP contribution in [0.4, 0.5) is 17.1 Å². The Hall–Kier alpha value is -3.37. The molecule has 0 aliphatic carbocycles. The fourth-order valence-electron chi connectivity index (χ4n) is 4.21. The van der Waals surface area contributed by atoms with Crippen molar-refractivity contribution in [2.24, 2.45) is 0 Å². The number of aromatic nitrogens is 1. The number of halogens is 1. The number of benzene rings is 3. The van der Waals surface area contributed by atoms with E-state index in [4.69, 9.17) is 28.2 Å². The van der Waals surface area contributed by atoms with Crippen LogP contribution in [0.5, 0.6) is 0 Å². The number of hydrogen-bond acceptors (Lipinski definition) is 8. The lowest BCUT2D eigenvalue weighted by Crippen LogP contribution is -2.28. The third-order valence-corrected chi connectivity index (χ3v) is 8.48. The molecule has 10 heteroatoms. The van der Waals surface area contributed by atoms with E-state index in [-0.39, 0.29) is 16.4 Å². The molecule has 0 aliphatic rings. The third-order valence-electron chi connectivity index (χ3n) is 6.46. The van der Waals surface area contributed by atoms with Crippen molar-refractivity contribution in [2.45, 2.75) is 42.5 Å². The molecule has 3 aromatic carbocycles. The van der Waals surface area contributed by atoms with Gasteiger partial charge in [0.25, 0.3) is 0 Å². The minimum absolute atomic E-state index is 0.219. The molecule has 0 bridgehead atoms. The number of sulfone groups is 1. The standard InChI is InChI=1S/C18H26ClN3O.C12H12N2O2S/c1-3-22(11-12-23)10-4-5-14(2)21-17-8-9-20-18-13-15(19)6-7-16(17)18;13-9-1-5-11(6-2-9)17(15,16)12-7-3-10(14)4-8-12/h6-9,13-14,23H,3-5,10-12H2,1-2H3,(H,20,21);1-8H,13-14H2. The van der Waals surface area contributed by atoms with E-state index in [0.717, 1.165) is 49.1 Å². The van der Waals surface area contributed by atoms with Crippen molar-refractivity contribution >= 4 is 49.4 Å². The largest absolute Gasteiger partial charge is 0.399 e. The zero-order valence-electron chi connectivity index (χ0n) is 22.9. The first-order valence-corrected chi connectivity index (χ1v) is 15.1. The van der Waals surface area contributed by atoms with E-state index < -0.39 is 9.84 Å². The number of nitrogens with zero attached hydrogens (tertiary/aromatic N) is 2. The van der Waals surface area contributed by atoms with Crippen molar-refractivity contribution in [1.29, 1.82) is 0 Å². The van der Waals surface area contributed by atoms with E-state index in [1.54, 1.807) is 24.3 Å². The lowest BCUT2D eigenvalue weighted by molar-refractivity contribution is 0.199. The third kappa shape index (κ3) is 8.82. The number of aliphatic hydroxyl groups is 1. The molecular formula is C30H38ClN5O3S. The fourth-order valence-corrected chi connectivity index (χ4v) is 5.63.